The lowest BCUT2D eigenvalue weighted by Crippen LogP contribution is -2.29. The third kappa shape index (κ3) is 2.72. The molecule has 0 saturated heterocycles. The van der Waals surface area contributed by atoms with E-state index in [1.807, 2.05) is 12.1 Å². The molecule has 0 spiro atoms. The quantitative estimate of drug-likeness (QED) is 0.352. The smallest absolute Gasteiger partial charge is 0.140 e. The van der Waals surface area contributed by atoms with E-state index in [0.29, 0.717) is 0 Å². The highest BCUT2D eigenvalue weighted by molar-refractivity contribution is 6.09. The number of pyridine rings is 1. The lowest BCUT2D eigenvalue weighted by Gasteiger charge is -2.28. The first-order valence-corrected chi connectivity index (χ1v) is 11.7. The van der Waals surface area contributed by atoms with E-state index < -0.39 is 0 Å². The summed E-state index contributed by atoms with van der Waals surface area (Å²) in [5.74, 6) is 1.95. The van der Waals surface area contributed by atoms with Crippen LogP contribution in [0, 0.1) is 0 Å². The summed E-state index contributed by atoms with van der Waals surface area (Å²) in [6.45, 7) is -0.0427. The first-order chi connectivity index (χ1) is 16.8. The van der Waals surface area contributed by atoms with Crippen LogP contribution in [-0.2, 0) is 6.61 Å². The highest BCUT2D eigenvalue weighted by atomic mass is 16.3. The van der Waals surface area contributed by atoms with Gasteiger partial charge in [0, 0.05) is 22.4 Å². The van der Waals surface area contributed by atoms with E-state index in [1.54, 1.807) is 0 Å². The predicted molar refractivity (Wildman–Crippen MR) is 138 cm³/mol. The molecule has 4 heteroatoms. The molecule has 3 heterocycles. The molecule has 164 valence electrons. The van der Waals surface area contributed by atoms with Gasteiger partial charge in [0.05, 0.1) is 23.7 Å². The number of para-hydroxylation sites is 3. The largest absolute Gasteiger partial charge is 0.392 e. The Morgan fingerprint density at radius 1 is 0.735 bits per heavy atom. The molecule has 1 aliphatic heterocycles. The van der Waals surface area contributed by atoms with Crippen molar-refractivity contribution < 1.29 is 5.11 Å². The van der Waals surface area contributed by atoms with Gasteiger partial charge in [-0.2, -0.15) is 0 Å². The molecule has 0 saturated carbocycles. The van der Waals surface area contributed by atoms with Crippen LogP contribution in [0.1, 0.15) is 17.0 Å². The average molecular weight is 442 g/mol. The zero-order valence-corrected chi connectivity index (χ0v) is 18.5. The second-order valence-corrected chi connectivity index (χ2v) is 8.93. The van der Waals surface area contributed by atoms with E-state index >= 15 is 0 Å². The number of aromatic nitrogens is 2. The van der Waals surface area contributed by atoms with Crippen molar-refractivity contribution in [1.29, 1.82) is 0 Å². The fraction of sp³-hybridized carbons (Fsp3) is 0.100. The van der Waals surface area contributed by atoms with Crippen LogP contribution in [0.25, 0.3) is 27.6 Å². The van der Waals surface area contributed by atoms with Crippen LogP contribution >= 0.6 is 0 Å². The summed E-state index contributed by atoms with van der Waals surface area (Å²) in [7, 11) is 0. The SMILES string of the molecule is OCc1cc(N2c3ccccc3C3C=CC=CC32)nc(-n2c3ccccc3c3ccccc32)c1. The van der Waals surface area contributed by atoms with Crippen molar-refractivity contribution in [2.24, 2.45) is 0 Å². The monoisotopic (exact) mass is 441 g/mol. The topological polar surface area (TPSA) is 41.3 Å². The van der Waals surface area contributed by atoms with Gasteiger partial charge in [0.25, 0.3) is 0 Å². The molecule has 0 bridgehead atoms. The molecule has 0 radical (unpaired) electrons. The number of allylic oxidation sites excluding steroid dienone is 2. The number of aliphatic hydroxyl groups excluding tert-OH is 1. The Morgan fingerprint density at radius 3 is 2.15 bits per heavy atom. The van der Waals surface area contributed by atoms with Crippen molar-refractivity contribution in [3.05, 3.63) is 120 Å². The van der Waals surface area contributed by atoms with Gasteiger partial charge in [-0.25, -0.2) is 4.98 Å². The third-order valence-corrected chi connectivity index (χ3v) is 7.06. The van der Waals surface area contributed by atoms with Crippen molar-refractivity contribution >= 4 is 33.3 Å². The summed E-state index contributed by atoms with van der Waals surface area (Å²) in [5, 5.41) is 12.6. The number of anilines is 2. The summed E-state index contributed by atoms with van der Waals surface area (Å²) in [6.07, 6.45) is 8.76. The Morgan fingerprint density at radius 2 is 1.38 bits per heavy atom. The van der Waals surface area contributed by atoms with Crippen molar-refractivity contribution in [3.63, 3.8) is 0 Å². The molecule has 4 nitrogen and oxygen atoms in total. The molecule has 5 aromatic rings. The number of nitrogens with zero attached hydrogens (tertiary/aromatic N) is 3. The molecule has 34 heavy (non-hydrogen) atoms. The van der Waals surface area contributed by atoms with Crippen LogP contribution in [0.3, 0.4) is 0 Å². The summed E-state index contributed by atoms with van der Waals surface area (Å²) in [5.41, 5.74) is 5.54. The molecule has 0 amide bonds. The fourth-order valence-corrected chi connectivity index (χ4v) is 5.61. The zero-order valence-electron chi connectivity index (χ0n) is 18.5. The van der Waals surface area contributed by atoms with Gasteiger partial charge < -0.3 is 10.0 Å². The first kappa shape index (κ1) is 19.3. The van der Waals surface area contributed by atoms with Crippen LogP contribution in [0.5, 0.6) is 0 Å². The molecule has 0 fully saturated rings. The molecule has 2 unspecified atom stereocenters. The van der Waals surface area contributed by atoms with E-state index in [9.17, 15) is 5.11 Å². The molecular formula is C30H23N3O. The van der Waals surface area contributed by atoms with E-state index in [4.69, 9.17) is 4.98 Å². The molecule has 2 aromatic heterocycles. The number of aliphatic hydroxyl groups is 1. The molecule has 1 aliphatic carbocycles. The maximum atomic E-state index is 10.2. The van der Waals surface area contributed by atoms with Gasteiger partial charge in [-0.1, -0.05) is 78.9 Å². The van der Waals surface area contributed by atoms with Crippen LogP contribution in [0.4, 0.5) is 11.5 Å². The summed E-state index contributed by atoms with van der Waals surface area (Å²) < 4.78 is 2.21. The highest BCUT2D eigenvalue weighted by Crippen LogP contribution is 2.47. The van der Waals surface area contributed by atoms with Gasteiger partial charge >= 0.3 is 0 Å². The van der Waals surface area contributed by atoms with Crippen LogP contribution in [-0.4, -0.2) is 20.7 Å². The number of rotatable bonds is 3. The Balaban J connectivity index is 1.49. The Kier molecular flexibility index (Phi) is 4.23. The minimum absolute atomic E-state index is 0.0427. The van der Waals surface area contributed by atoms with Crippen LogP contribution < -0.4 is 4.90 Å². The summed E-state index contributed by atoms with van der Waals surface area (Å²) in [6, 6.07) is 29.6. The zero-order chi connectivity index (χ0) is 22.6. The van der Waals surface area contributed by atoms with Crippen molar-refractivity contribution in [2.45, 2.75) is 18.6 Å². The molecule has 7 rings (SSSR count). The fourth-order valence-electron chi connectivity index (χ4n) is 5.61. The number of benzene rings is 3. The van der Waals surface area contributed by atoms with Crippen LogP contribution in [0.15, 0.2) is 109 Å². The Labute approximate surface area is 197 Å². The number of hydrogen-bond acceptors (Lipinski definition) is 3. The number of hydrogen-bond donors (Lipinski definition) is 1. The van der Waals surface area contributed by atoms with Crippen molar-refractivity contribution in [3.8, 4) is 5.82 Å². The molecule has 3 aromatic carbocycles. The van der Waals surface area contributed by atoms with Crippen molar-refractivity contribution in [2.75, 3.05) is 4.90 Å². The van der Waals surface area contributed by atoms with E-state index in [0.717, 1.165) is 28.2 Å². The summed E-state index contributed by atoms with van der Waals surface area (Å²) >= 11 is 0. The molecule has 1 N–H and O–H groups in total. The Bertz CT molecular complexity index is 1570. The summed E-state index contributed by atoms with van der Waals surface area (Å²) in [4.78, 5) is 7.53. The average Bonchev–Trinajstić information content (AvgIpc) is 3.42. The van der Waals surface area contributed by atoms with E-state index in [-0.39, 0.29) is 18.6 Å². The minimum Gasteiger partial charge on any atom is -0.392 e. The van der Waals surface area contributed by atoms with Gasteiger partial charge in [0.2, 0.25) is 0 Å². The molecule has 2 atom stereocenters. The highest BCUT2D eigenvalue weighted by Gasteiger charge is 2.37. The lowest BCUT2D eigenvalue weighted by atomic mass is 9.91. The van der Waals surface area contributed by atoms with Gasteiger partial charge in [-0.05, 0) is 41.5 Å². The van der Waals surface area contributed by atoms with E-state index in [2.05, 4.69) is 107 Å². The third-order valence-electron chi connectivity index (χ3n) is 7.06. The standard InChI is InChI=1S/C30H23N3O/c34-19-20-17-29(32-25-13-5-1-9-21(25)22-10-2-6-14-26(22)32)31-30(18-20)33-27-15-7-3-11-23(27)24-12-4-8-16-28(24)33/h1-18,21,25,34H,19H2. The first-order valence-electron chi connectivity index (χ1n) is 11.7. The Hall–Kier alpha value is -4.15. The second-order valence-electron chi connectivity index (χ2n) is 8.93. The van der Waals surface area contributed by atoms with Gasteiger partial charge in [0.1, 0.15) is 11.6 Å². The predicted octanol–water partition coefficient (Wildman–Crippen LogP) is 6.40. The van der Waals surface area contributed by atoms with Gasteiger partial charge in [-0.15, -0.1) is 0 Å². The van der Waals surface area contributed by atoms with Gasteiger partial charge in [-0.3, -0.25) is 4.57 Å². The minimum atomic E-state index is -0.0427. The van der Waals surface area contributed by atoms with Crippen LogP contribution in [0.2, 0.25) is 0 Å². The lowest BCUT2D eigenvalue weighted by molar-refractivity contribution is 0.281. The second kappa shape index (κ2) is 7.44. The van der Waals surface area contributed by atoms with E-state index in [1.165, 1.54) is 22.0 Å². The number of fused-ring (bicyclic) bond motifs is 6. The van der Waals surface area contributed by atoms with Crippen molar-refractivity contribution in [1.82, 2.24) is 9.55 Å². The maximum Gasteiger partial charge on any atom is 0.140 e. The molecular weight excluding hydrogens is 418 g/mol. The normalized spacial score (nSPS) is 18.6. The molecule has 2 aliphatic rings. The maximum absolute atomic E-state index is 10.2. The van der Waals surface area contributed by atoms with Gasteiger partial charge in [0.15, 0.2) is 0 Å².